The highest BCUT2D eigenvalue weighted by Crippen LogP contribution is 1.92. The van der Waals surface area contributed by atoms with Gasteiger partial charge >= 0.3 is 0 Å². The molecule has 0 spiro atoms. The molecular formula is C12H26N2O2. The van der Waals surface area contributed by atoms with Gasteiger partial charge in [0, 0.05) is 25.6 Å². The van der Waals surface area contributed by atoms with E-state index in [1.165, 1.54) is 0 Å². The molecule has 0 saturated heterocycles. The van der Waals surface area contributed by atoms with Crippen LogP contribution < -0.4 is 10.6 Å². The van der Waals surface area contributed by atoms with Crippen molar-refractivity contribution in [3.63, 3.8) is 0 Å². The zero-order valence-corrected chi connectivity index (χ0v) is 10.6. The largest absolute Gasteiger partial charge is 0.396 e. The second-order valence-corrected chi connectivity index (χ2v) is 4.16. The Morgan fingerprint density at radius 3 is 2.62 bits per heavy atom. The van der Waals surface area contributed by atoms with E-state index in [0.29, 0.717) is 6.42 Å². The highest BCUT2D eigenvalue weighted by Gasteiger charge is 2.03. The maximum atomic E-state index is 11.4. The molecule has 0 rings (SSSR count). The normalized spacial score (nSPS) is 12.4. The third kappa shape index (κ3) is 9.93. The summed E-state index contributed by atoms with van der Waals surface area (Å²) in [7, 11) is 0. The van der Waals surface area contributed by atoms with E-state index in [4.69, 9.17) is 5.11 Å². The molecule has 0 heterocycles. The minimum atomic E-state index is 0.122. The summed E-state index contributed by atoms with van der Waals surface area (Å²) in [5.41, 5.74) is 0. The molecule has 0 saturated carbocycles. The summed E-state index contributed by atoms with van der Waals surface area (Å²) in [6.45, 7) is 6.01. The molecule has 3 N–H and O–H groups in total. The number of nitrogens with one attached hydrogen (secondary N) is 2. The van der Waals surface area contributed by atoms with E-state index in [1.807, 2.05) is 6.92 Å². The molecule has 1 atom stereocenters. The highest BCUT2D eigenvalue weighted by molar-refractivity contribution is 5.76. The van der Waals surface area contributed by atoms with Crippen molar-refractivity contribution >= 4 is 5.91 Å². The third-order valence-corrected chi connectivity index (χ3v) is 2.56. The van der Waals surface area contributed by atoms with E-state index < -0.39 is 0 Å². The minimum absolute atomic E-state index is 0.122. The first kappa shape index (κ1) is 15.4. The molecule has 0 aliphatic carbocycles. The van der Waals surface area contributed by atoms with Crippen LogP contribution in [0.5, 0.6) is 0 Å². The Balaban J connectivity index is 3.21. The van der Waals surface area contributed by atoms with Crippen molar-refractivity contribution in [3.05, 3.63) is 0 Å². The lowest BCUT2D eigenvalue weighted by Crippen LogP contribution is -2.34. The van der Waals surface area contributed by atoms with E-state index >= 15 is 0 Å². The Bertz CT molecular complexity index is 174. The molecule has 4 heteroatoms. The van der Waals surface area contributed by atoms with Gasteiger partial charge in [0.05, 0.1) is 0 Å². The minimum Gasteiger partial charge on any atom is -0.396 e. The number of carbonyl (C=O) groups excluding carboxylic acids is 1. The number of amides is 1. The maximum Gasteiger partial charge on any atom is 0.221 e. The van der Waals surface area contributed by atoms with E-state index in [9.17, 15) is 4.79 Å². The smallest absolute Gasteiger partial charge is 0.221 e. The van der Waals surface area contributed by atoms with Crippen molar-refractivity contribution in [1.29, 1.82) is 0 Å². The second kappa shape index (κ2) is 10.9. The average molecular weight is 230 g/mol. The molecule has 1 amide bonds. The van der Waals surface area contributed by atoms with E-state index in [0.717, 1.165) is 38.8 Å². The average Bonchev–Trinajstić information content (AvgIpc) is 2.27. The van der Waals surface area contributed by atoms with Crippen molar-refractivity contribution in [2.75, 3.05) is 19.7 Å². The molecule has 0 bridgehead atoms. The molecule has 0 aromatic heterocycles. The molecule has 4 nitrogen and oxygen atoms in total. The van der Waals surface area contributed by atoms with Gasteiger partial charge in [-0.2, -0.15) is 0 Å². The Morgan fingerprint density at radius 2 is 2.00 bits per heavy atom. The van der Waals surface area contributed by atoms with Gasteiger partial charge in [0.1, 0.15) is 0 Å². The van der Waals surface area contributed by atoms with Gasteiger partial charge < -0.3 is 15.7 Å². The number of aliphatic hydroxyl groups is 1. The SMILES string of the molecule is CCC(C)NC(=O)CCNCCCCCO. The van der Waals surface area contributed by atoms with Crippen molar-refractivity contribution in [1.82, 2.24) is 10.6 Å². The lowest BCUT2D eigenvalue weighted by atomic mass is 10.2. The number of hydrogen-bond acceptors (Lipinski definition) is 3. The predicted molar refractivity (Wildman–Crippen MR) is 66.3 cm³/mol. The summed E-state index contributed by atoms with van der Waals surface area (Å²) in [6, 6.07) is 0.275. The molecule has 96 valence electrons. The summed E-state index contributed by atoms with van der Waals surface area (Å²) < 4.78 is 0. The molecule has 1 unspecified atom stereocenters. The molecule has 0 aliphatic heterocycles. The van der Waals surface area contributed by atoms with Crippen LogP contribution >= 0.6 is 0 Å². The quantitative estimate of drug-likeness (QED) is 0.491. The summed E-state index contributed by atoms with van der Waals surface area (Å²) >= 11 is 0. The molecule has 0 fully saturated rings. The third-order valence-electron chi connectivity index (χ3n) is 2.56. The Morgan fingerprint density at radius 1 is 1.25 bits per heavy atom. The molecular weight excluding hydrogens is 204 g/mol. The Labute approximate surface area is 98.8 Å². The number of carbonyl (C=O) groups is 1. The Hall–Kier alpha value is -0.610. The van der Waals surface area contributed by atoms with Crippen LogP contribution in [0.2, 0.25) is 0 Å². The summed E-state index contributed by atoms with van der Waals surface area (Å²) in [5.74, 6) is 0.122. The maximum absolute atomic E-state index is 11.4. The lowest BCUT2D eigenvalue weighted by Gasteiger charge is -2.11. The molecule has 0 aliphatic rings. The topological polar surface area (TPSA) is 61.4 Å². The van der Waals surface area contributed by atoms with Crippen molar-refractivity contribution in [3.8, 4) is 0 Å². The predicted octanol–water partition coefficient (Wildman–Crippen LogP) is 1.04. The molecule has 16 heavy (non-hydrogen) atoms. The van der Waals surface area contributed by atoms with Gasteiger partial charge in [0.2, 0.25) is 5.91 Å². The highest BCUT2D eigenvalue weighted by atomic mass is 16.2. The summed E-state index contributed by atoms with van der Waals surface area (Å²) in [5, 5.41) is 14.7. The van der Waals surface area contributed by atoms with Crippen LogP contribution in [0, 0.1) is 0 Å². The second-order valence-electron chi connectivity index (χ2n) is 4.16. The first-order valence-corrected chi connectivity index (χ1v) is 6.31. The van der Waals surface area contributed by atoms with Crippen LogP contribution in [0.3, 0.4) is 0 Å². The Kier molecular flexibility index (Phi) is 10.5. The zero-order chi connectivity index (χ0) is 12.2. The zero-order valence-electron chi connectivity index (χ0n) is 10.6. The fourth-order valence-corrected chi connectivity index (χ4v) is 1.31. The van der Waals surface area contributed by atoms with Gasteiger partial charge in [-0.1, -0.05) is 6.92 Å². The standard InChI is InChI=1S/C12H26N2O2/c1-3-11(2)14-12(16)7-9-13-8-5-4-6-10-15/h11,13,15H,3-10H2,1-2H3,(H,14,16). The molecule has 0 radical (unpaired) electrons. The van der Waals surface area contributed by atoms with Crippen LogP contribution in [0.4, 0.5) is 0 Å². The van der Waals surface area contributed by atoms with Crippen LogP contribution in [0.25, 0.3) is 0 Å². The van der Waals surface area contributed by atoms with Gasteiger partial charge in [0.25, 0.3) is 0 Å². The van der Waals surface area contributed by atoms with E-state index in [1.54, 1.807) is 0 Å². The number of unbranched alkanes of at least 4 members (excludes halogenated alkanes) is 2. The van der Waals surface area contributed by atoms with Gasteiger partial charge in [-0.15, -0.1) is 0 Å². The molecule has 0 aromatic carbocycles. The summed E-state index contributed by atoms with van der Waals surface area (Å²) in [4.78, 5) is 11.4. The van der Waals surface area contributed by atoms with Crippen molar-refractivity contribution < 1.29 is 9.90 Å². The van der Waals surface area contributed by atoms with Gasteiger partial charge in [-0.3, -0.25) is 4.79 Å². The van der Waals surface area contributed by atoms with Crippen LogP contribution in [0.1, 0.15) is 46.0 Å². The monoisotopic (exact) mass is 230 g/mol. The first-order chi connectivity index (χ1) is 7.70. The number of aliphatic hydroxyl groups excluding tert-OH is 1. The molecule has 0 aromatic rings. The number of hydrogen-bond donors (Lipinski definition) is 3. The number of rotatable bonds is 10. The summed E-state index contributed by atoms with van der Waals surface area (Å²) in [6.07, 6.45) is 4.50. The van der Waals surface area contributed by atoms with Crippen molar-refractivity contribution in [2.45, 2.75) is 52.0 Å². The van der Waals surface area contributed by atoms with Crippen LogP contribution in [-0.2, 0) is 4.79 Å². The van der Waals surface area contributed by atoms with Gasteiger partial charge in [-0.25, -0.2) is 0 Å². The van der Waals surface area contributed by atoms with Crippen molar-refractivity contribution in [2.24, 2.45) is 0 Å². The fraction of sp³-hybridized carbons (Fsp3) is 0.917. The van der Waals surface area contributed by atoms with Crippen LogP contribution in [0.15, 0.2) is 0 Å². The first-order valence-electron chi connectivity index (χ1n) is 6.31. The fourth-order valence-electron chi connectivity index (χ4n) is 1.31. The lowest BCUT2D eigenvalue weighted by molar-refractivity contribution is -0.121. The van der Waals surface area contributed by atoms with Crippen LogP contribution in [-0.4, -0.2) is 36.8 Å². The van der Waals surface area contributed by atoms with Gasteiger partial charge in [0.15, 0.2) is 0 Å². The van der Waals surface area contributed by atoms with E-state index in [-0.39, 0.29) is 18.6 Å². The van der Waals surface area contributed by atoms with E-state index in [2.05, 4.69) is 17.6 Å². The van der Waals surface area contributed by atoms with Gasteiger partial charge in [-0.05, 0) is 39.2 Å².